The fourth-order valence-corrected chi connectivity index (χ4v) is 3.10. The molecule has 2 aliphatic rings. The number of amides is 1. The fourth-order valence-electron chi connectivity index (χ4n) is 3.10. The molecular formula is C16H30N2O3. The smallest absolute Gasteiger partial charge is 0.407 e. The highest BCUT2D eigenvalue weighted by atomic mass is 16.6. The van der Waals surface area contributed by atoms with E-state index in [0.29, 0.717) is 6.04 Å². The van der Waals surface area contributed by atoms with Crippen LogP contribution in [0.2, 0.25) is 0 Å². The molecule has 3 unspecified atom stereocenters. The van der Waals surface area contributed by atoms with E-state index in [-0.39, 0.29) is 24.2 Å². The molecule has 122 valence electrons. The van der Waals surface area contributed by atoms with Gasteiger partial charge >= 0.3 is 6.09 Å². The average molecular weight is 298 g/mol. The van der Waals surface area contributed by atoms with Crippen LogP contribution in [-0.4, -0.2) is 53.0 Å². The molecule has 0 aromatic carbocycles. The highest BCUT2D eigenvalue weighted by molar-refractivity contribution is 5.68. The predicted octanol–water partition coefficient (Wildman–Crippen LogP) is 2.13. The third kappa shape index (κ3) is 5.15. The van der Waals surface area contributed by atoms with Crippen LogP contribution < -0.4 is 5.32 Å². The zero-order valence-corrected chi connectivity index (χ0v) is 13.8. The molecule has 0 aromatic rings. The van der Waals surface area contributed by atoms with Crippen molar-refractivity contribution in [3.8, 4) is 0 Å². The van der Waals surface area contributed by atoms with Gasteiger partial charge < -0.3 is 15.2 Å². The van der Waals surface area contributed by atoms with Crippen molar-refractivity contribution in [2.45, 2.75) is 77.2 Å². The maximum absolute atomic E-state index is 12.0. The lowest BCUT2D eigenvalue weighted by atomic mass is 9.88. The van der Waals surface area contributed by atoms with Crippen LogP contribution >= 0.6 is 0 Å². The van der Waals surface area contributed by atoms with Gasteiger partial charge in [0, 0.05) is 25.2 Å². The lowest BCUT2D eigenvalue weighted by Crippen LogP contribution is -2.54. The number of carbonyl (C=O) groups excluding carboxylic acids is 1. The van der Waals surface area contributed by atoms with Crippen molar-refractivity contribution in [3.63, 3.8) is 0 Å². The number of nitrogens with zero attached hydrogens (tertiary/aromatic N) is 1. The highest BCUT2D eigenvalue weighted by Gasteiger charge is 2.38. The number of likely N-dealkylation sites (tertiary alicyclic amines) is 1. The van der Waals surface area contributed by atoms with Crippen molar-refractivity contribution < 1.29 is 14.6 Å². The minimum atomic E-state index is -0.475. The summed E-state index contributed by atoms with van der Waals surface area (Å²) < 4.78 is 5.34. The van der Waals surface area contributed by atoms with Gasteiger partial charge in [0.1, 0.15) is 5.60 Å². The highest BCUT2D eigenvalue weighted by Crippen LogP contribution is 2.32. The van der Waals surface area contributed by atoms with Gasteiger partial charge in [-0.05, 0) is 52.4 Å². The number of carbonyl (C=O) groups is 1. The predicted molar refractivity (Wildman–Crippen MR) is 82.2 cm³/mol. The van der Waals surface area contributed by atoms with Crippen LogP contribution in [0.1, 0.15) is 53.4 Å². The summed E-state index contributed by atoms with van der Waals surface area (Å²) in [6, 6.07) is 0.722. The molecule has 1 saturated carbocycles. The van der Waals surface area contributed by atoms with Crippen molar-refractivity contribution in [1.82, 2.24) is 10.2 Å². The summed E-state index contributed by atoms with van der Waals surface area (Å²) in [6.07, 6.45) is 3.45. The molecule has 0 spiro atoms. The molecule has 1 heterocycles. The minimum Gasteiger partial charge on any atom is -0.444 e. The summed E-state index contributed by atoms with van der Waals surface area (Å²) in [5.74, 6) is 0.240. The van der Waals surface area contributed by atoms with Crippen molar-refractivity contribution in [3.05, 3.63) is 0 Å². The number of aliphatic hydroxyl groups is 1. The van der Waals surface area contributed by atoms with Crippen LogP contribution in [0.25, 0.3) is 0 Å². The molecule has 1 aliphatic heterocycles. The maximum Gasteiger partial charge on any atom is 0.407 e. The normalized spacial score (nSPS) is 29.0. The van der Waals surface area contributed by atoms with Crippen LogP contribution in [0.3, 0.4) is 0 Å². The zero-order chi connectivity index (χ0) is 15.6. The lowest BCUT2D eigenvalue weighted by Gasteiger charge is -2.40. The fraction of sp³-hybridized carbons (Fsp3) is 0.938. The van der Waals surface area contributed by atoms with Crippen molar-refractivity contribution in [2.75, 3.05) is 13.1 Å². The van der Waals surface area contributed by atoms with Gasteiger partial charge in [-0.1, -0.05) is 6.92 Å². The number of hydrogen-bond donors (Lipinski definition) is 2. The number of nitrogens with one attached hydrogen (secondary N) is 1. The van der Waals surface area contributed by atoms with E-state index < -0.39 is 5.60 Å². The number of hydrogen-bond acceptors (Lipinski definition) is 4. The lowest BCUT2D eigenvalue weighted by molar-refractivity contribution is 0.0216. The number of rotatable bonds is 4. The minimum absolute atomic E-state index is 0.0698. The first-order chi connectivity index (χ1) is 9.78. The first-order valence-electron chi connectivity index (χ1n) is 8.20. The molecule has 21 heavy (non-hydrogen) atoms. The van der Waals surface area contributed by atoms with Gasteiger partial charge in [-0.25, -0.2) is 4.79 Å². The van der Waals surface area contributed by atoms with E-state index in [2.05, 4.69) is 10.2 Å². The summed E-state index contributed by atoms with van der Waals surface area (Å²) in [5.41, 5.74) is -0.475. The standard InChI is InChI=1S/C16H30N2O3/c1-5-14(19)11-8-12(10-18(9-11)13-6-7-13)17-15(20)21-16(2,3)4/h11-14,19H,5-10H2,1-4H3,(H,17,20). The average Bonchev–Trinajstić information content (AvgIpc) is 3.19. The monoisotopic (exact) mass is 298 g/mol. The molecule has 0 aromatic heterocycles. The van der Waals surface area contributed by atoms with Gasteiger partial charge in [0.05, 0.1) is 6.10 Å². The Kier molecular flexibility index (Phi) is 5.15. The molecule has 1 aliphatic carbocycles. The number of aliphatic hydroxyl groups excluding tert-OH is 1. The van der Waals surface area contributed by atoms with Gasteiger partial charge in [0.2, 0.25) is 0 Å². The van der Waals surface area contributed by atoms with Crippen LogP contribution in [-0.2, 0) is 4.74 Å². The molecule has 3 atom stereocenters. The van der Waals surface area contributed by atoms with Crippen LogP contribution in [0.5, 0.6) is 0 Å². The largest absolute Gasteiger partial charge is 0.444 e. The third-order valence-corrected chi connectivity index (χ3v) is 4.26. The zero-order valence-electron chi connectivity index (χ0n) is 13.8. The van der Waals surface area contributed by atoms with Crippen LogP contribution in [0.4, 0.5) is 4.79 Å². The molecule has 0 radical (unpaired) electrons. The van der Waals surface area contributed by atoms with E-state index in [0.717, 1.165) is 25.9 Å². The van der Waals surface area contributed by atoms with E-state index in [1.807, 2.05) is 27.7 Å². The van der Waals surface area contributed by atoms with Crippen molar-refractivity contribution in [1.29, 1.82) is 0 Å². The molecule has 2 fully saturated rings. The summed E-state index contributed by atoms with van der Waals surface area (Å²) >= 11 is 0. The molecule has 1 amide bonds. The summed E-state index contributed by atoms with van der Waals surface area (Å²) in [7, 11) is 0. The Balaban J connectivity index is 1.92. The molecule has 5 heteroatoms. The second-order valence-corrected chi connectivity index (χ2v) is 7.50. The van der Waals surface area contributed by atoms with Gasteiger partial charge in [-0.3, -0.25) is 4.90 Å². The SMILES string of the molecule is CCC(O)C1CC(NC(=O)OC(C)(C)C)CN(C2CC2)C1. The third-order valence-electron chi connectivity index (χ3n) is 4.26. The number of piperidine rings is 1. The van der Waals surface area contributed by atoms with E-state index in [4.69, 9.17) is 4.74 Å². The van der Waals surface area contributed by atoms with Crippen LogP contribution in [0, 0.1) is 5.92 Å². The van der Waals surface area contributed by atoms with Gasteiger partial charge in [0.25, 0.3) is 0 Å². The molecule has 5 nitrogen and oxygen atoms in total. The van der Waals surface area contributed by atoms with Crippen molar-refractivity contribution in [2.24, 2.45) is 5.92 Å². The van der Waals surface area contributed by atoms with E-state index >= 15 is 0 Å². The molecule has 2 rings (SSSR count). The molecule has 1 saturated heterocycles. The van der Waals surface area contributed by atoms with Gasteiger partial charge in [-0.2, -0.15) is 0 Å². The topological polar surface area (TPSA) is 61.8 Å². The summed E-state index contributed by atoms with van der Waals surface area (Å²) in [6.45, 7) is 9.44. The number of alkyl carbamates (subject to hydrolysis) is 1. The maximum atomic E-state index is 12.0. The Morgan fingerprint density at radius 1 is 1.38 bits per heavy atom. The first kappa shape index (κ1) is 16.6. The van der Waals surface area contributed by atoms with E-state index in [1.54, 1.807) is 0 Å². The number of ether oxygens (including phenoxy) is 1. The van der Waals surface area contributed by atoms with E-state index in [1.165, 1.54) is 12.8 Å². The van der Waals surface area contributed by atoms with Crippen molar-refractivity contribution >= 4 is 6.09 Å². The van der Waals surface area contributed by atoms with E-state index in [9.17, 15) is 9.90 Å². The molecular weight excluding hydrogens is 268 g/mol. The second kappa shape index (κ2) is 6.53. The molecule has 0 bridgehead atoms. The Hall–Kier alpha value is -0.810. The Bertz CT molecular complexity index is 363. The Morgan fingerprint density at radius 2 is 2.05 bits per heavy atom. The quantitative estimate of drug-likeness (QED) is 0.835. The summed E-state index contributed by atoms with van der Waals surface area (Å²) in [5, 5.41) is 13.2. The Labute approximate surface area is 128 Å². The summed E-state index contributed by atoms with van der Waals surface area (Å²) in [4.78, 5) is 14.4. The molecule has 2 N–H and O–H groups in total. The van der Waals surface area contributed by atoms with Crippen LogP contribution in [0.15, 0.2) is 0 Å². The van der Waals surface area contributed by atoms with Gasteiger partial charge in [-0.15, -0.1) is 0 Å². The second-order valence-electron chi connectivity index (χ2n) is 7.50. The Morgan fingerprint density at radius 3 is 2.57 bits per heavy atom. The van der Waals surface area contributed by atoms with Gasteiger partial charge in [0.15, 0.2) is 0 Å². The first-order valence-corrected chi connectivity index (χ1v) is 8.20.